The highest BCUT2D eigenvalue weighted by molar-refractivity contribution is 6.32. The second-order valence-electron chi connectivity index (χ2n) is 3.94. The molecule has 1 saturated heterocycles. The zero-order valence-corrected chi connectivity index (χ0v) is 10.4. The Balaban J connectivity index is 1.88. The van der Waals surface area contributed by atoms with Crippen LogP contribution in [-0.4, -0.2) is 43.5 Å². The van der Waals surface area contributed by atoms with Gasteiger partial charge in [0.15, 0.2) is 0 Å². The number of hydrogen-bond acceptors (Lipinski definition) is 4. The molecule has 1 aliphatic heterocycles. The van der Waals surface area contributed by atoms with Gasteiger partial charge in [-0.3, -0.25) is 4.79 Å². The Kier molecular flexibility index (Phi) is 4.41. The maximum absolute atomic E-state index is 11.8. The number of phenols is 1. The van der Waals surface area contributed by atoms with Crippen LogP contribution >= 0.6 is 11.6 Å². The van der Waals surface area contributed by atoms with Crippen molar-refractivity contribution in [3.63, 3.8) is 0 Å². The number of nitrogens with one attached hydrogen (secondary N) is 1. The molecule has 1 atom stereocenters. The zero-order chi connectivity index (χ0) is 13.0. The standard InChI is InChI=1S/C12H14ClNO4/c13-10-5-8(1-2-11(10)15)12(16)14-6-9-7-17-3-4-18-9/h1-2,5,9,15H,3-4,6-7H2,(H,14,16). The first-order valence-corrected chi connectivity index (χ1v) is 6.00. The van der Waals surface area contributed by atoms with Gasteiger partial charge in [0.25, 0.3) is 5.91 Å². The molecule has 6 heteroatoms. The number of phenolic OH excluding ortho intramolecular Hbond substituents is 1. The third-order valence-electron chi connectivity index (χ3n) is 2.59. The Morgan fingerprint density at radius 2 is 2.33 bits per heavy atom. The Morgan fingerprint density at radius 3 is 3.00 bits per heavy atom. The molecule has 1 aromatic rings. The molecule has 0 radical (unpaired) electrons. The van der Waals surface area contributed by atoms with E-state index in [4.69, 9.17) is 21.1 Å². The van der Waals surface area contributed by atoms with Crippen LogP contribution in [0.15, 0.2) is 18.2 Å². The van der Waals surface area contributed by atoms with Gasteiger partial charge in [0.05, 0.1) is 30.9 Å². The summed E-state index contributed by atoms with van der Waals surface area (Å²) >= 11 is 5.73. The molecule has 0 saturated carbocycles. The summed E-state index contributed by atoms with van der Waals surface area (Å²) in [4.78, 5) is 11.8. The molecule has 1 heterocycles. The minimum atomic E-state index is -0.258. The van der Waals surface area contributed by atoms with Gasteiger partial charge in [-0.05, 0) is 18.2 Å². The summed E-state index contributed by atoms with van der Waals surface area (Å²) in [6, 6.07) is 4.32. The fraction of sp³-hybridized carbons (Fsp3) is 0.417. The van der Waals surface area contributed by atoms with Crippen LogP contribution in [0.3, 0.4) is 0 Å². The summed E-state index contributed by atoms with van der Waals surface area (Å²) in [6.07, 6.45) is -0.115. The highest BCUT2D eigenvalue weighted by atomic mass is 35.5. The largest absolute Gasteiger partial charge is 0.506 e. The molecule has 1 unspecified atom stereocenters. The average Bonchev–Trinajstić information content (AvgIpc) is 2.40. The van der Waals surface area contributed by atoms with E-state index < -0.39 is 0 Å². The van der Waals surface area contributed by atoms with Crippen LogP contribution in [0.1, 0.15) is 10.4 Å². The molecular formula is C12H14ClNO4. The summed E-state index contributed by atoms with van der Waals surface area (Å²) in [5, 5.41) is 12.1. The summed E-state index contributed by atoms with van der Waals surface area (Å²) in [6.45, 7) is 2.01. The van der Waals surface area contributed by atoms with E-state index in [1.807, 2.05) is 0 Å². The molecule has 0 aliphatic carbocycles. The zero-order valence-electron chi connectivity index (χ0n) is 9.69. The predicted molar refractivity (Wildman–Crippen MR) is 66.0 cm³/mol. The van der Waals surface area contributed by atoms with E-state index in [0.717, 1.165) is 0 Å². The third-order valence-corrected chi connectivity index (χ3v) is 2.89. The van der Waals surface area contributed by atoms with Gasteiger partial charge >= 0.3 is 0 Å². The van der Waals surface area contributed by atoms with E-state index >= 15 is 0 Å². The molecule has 0 bridgehead atoms. The van der Waals surface area contributed by atoms with Crippen molar-refractivity contribution in [2.75, 3.05) is 26.4 Å². The first-order valence-electron chi connectivity index (χ1n) is 5.63. The monoisotopic (exact) mass is 271 g/mol. The molecule has 18 heavy (non-hydrogen) atoms. The number of rotatable bonds is 3. The van der Waals surface area contributed by atoms with Gasteiger partial charge in [0, 0.05) is 12.1 Å². The van der Waals surface area contributed by atoms with E-state index in [1.165, 1.54) is 18.2 Å². The number of ether oxygens (including phenoxy) is 2. The molecule has 0 spiro atoms. The molecule has 1 aliphatic rings. The lowest BCUT2D eigenvalue weighted by Crippen LogP contribution is -2.39. The van der Waals surface area contributed by atoms with Crippen LogP contribution in [0.25, 0.3) is 0 Å². The predicted octanol–water partition coefficient (Wildman–Crippen LogP) is 1.19. The summed E-state index contributed by atoms with van der Waals surface area (Å²) in [5.41, 5.74) is 0.398. The van der Waals surface area contributed by atoms with E-state index in [-0.39, 0.29) is 22.8 Å². The number of hydrogen-bond donors (Lipinski definition) is 2. The SMILES string of the molecule is O=C(NCC1COCCO1)c1ccc(O)c(Cl)c1. The minimum absolute atomic E-state index is 0.0442. The van der Waals surface area contributed by atoms with Crippen molar-refractivity contribution < 1.29 is 19.4 Å². The van der Waals surface area contributed by atoms with Gasteiger partial charge in [-0.15, -0.1) is 0 Å². The average molecular weight is 272 g/mol. The Bertz CT molecular complexity index is 432. The van der Waals surface area contributed by atoms with Crippen LogP contribution in [-0.2, 0) is 9.47 Å². The van der Waals surface area contributed by atoms with Gasteiger partial charge in [-0.25, -0.2) is 0 Å². The Morgan fingerprint density at radius 1 is 1.50 bits per heavy atom. The van der Waals surface area contributed by atoms with Crippen molar-refractivity contribution in [3.8, 4) is 5.75 Å². The van der Waals surface area contributed by atoms with Crippen molar-refractivity contribution >= 4 is 17.5 Å². The van der Waals surface area contributed by atoms with Crippen molar-refractivity contribution in [1.82, 2.24) is 5.32 Å². The van der Waals surface area contributed by atoms with Gasteiger partial charge in [-0.1, -0.05) is 11.6 Å². The van der Waals surface area contributed by atoms with E-state index in [1.54, 1.807) is 0 Å². The molecule has 1 fully saturated rings. The summed E-state index contributed by atoms with van der Waals surface area (Å²) in [7, 11) is 0. The Labute approximate surface area is 110 Å². The van der Waals surface area contributed by atoms with Gasteiger partial charge < -0.3 is 19.9 Å². The maximum Gasteiger partial charge on any atom is 0.251 e. The van der Waals surface area contributed by atoms with Crippen molar-refractivity contribution in [2.24, 2.45) is 0 Å². The summed E-state index contributed by atoms with van der Waals surface area (Å²) in [5.74, 6) is -0.302. The van der Waals surface area contributed by atoms with Crippen molar-refractivity contribution in [2.45, 2.75) is 6.10 Å². The van der Waals surface area contributed by atoms with E-state index in [9.17, 15) is 9.90 Å². The Hall–Kier alpha value is -1.30. The quantitative estimate of drug-likeness (QED) is 0.867. The first kappa shape index (κ1) is 13.1. The normalized spacial score (nSPS) is 19.5. The fourth-order valence-electron chi connectivity index (χ4n) is 1.61. The highest BCUT2D eigenvalue weighted by Gasteiger charge is 2.16. The van der Waals surface area contributed by atoms with Crippen molar-refractivity contribution in [1.29, 1.82) is 0 Å². The molecule has 1 amide bonds. The molecule has 0 aromatic heterocycles. The first-order chi connectivity index (χ1) is 8.66. The second kappa shape index (κ2) is 6.04. The van der Waals surface area contributed by atoms with Crippen LogP contribution in [0.4, 0.5) is 0 Å². The number of benzene rings is 1. The van der Waals surface area contributed by atoms with Gasteiger partial charge in [0.2, 0.25) is 0 Å². The number of amides is 1. The van der Waals surface area contributed by atoms with Crippen molar-refractivity contribution in [3.05, 3.63) is 28.8 Å². The van der Waals surface area contributed by atoms with Crippen LogP contribution in [0, 0.1) is 0 Å². The molecular weight excluding hydrogens is 258 g/mol. The number of aromatic hydroxyl groups is 1. The maximum atomic E-state index is 11.8. The lowest BCUT2D eigenvalue weighted by atomic mass is 10.2. The molecule has 2 N–H and O–H groups in total. The number of carbonyl (C=O) groups excluding carboxylic acids is 1. The smallest absolute Gasteiger partial charge is 0.251 e. The topological polar surface area (TPSA) is 67.8 Å². The van der Waals surface area contributed by atoms with Gasteiger partial charge in [0.1, 0.15) is 5.75 Å². The van der Waals surface area contributed by atoms with E-state index in [2.05, 4.69) is 5.32 Å². The van der Waals surface area contributed by atoms with Crippen LogP contribution in [0.5, 0.6) is 5.75 Å². The van der Waals surface area contributed by atoms with Gasteiger partial charge in [-0.2, -0.15) is 0 Å². The highest BCUT2D eigenvalue weighted by Crippen LogP contribution is 2.23. The lowest BCUT2D eigenvalue weighted by Gasteiger charge is -2.23. The second-order valence-corrected chi connectivity index (χ2v) is 4.35. The lowest BCUT2D eigenvalue weighted by molar-refractivity contribution is -0.0855. The number of carbonyl (C=O) groups is 1. The van der Waals surface area contributed by atoms with E-state index in [0.29, 0.717) is 31.9 Å². The van der Waals surface area contributed by atoms with Crippen LogP contribution < -0.4 is 5.32 Å². The molecule has 2 rings (SSSR count). The fourth-order valence-corrected chi connectivity index (χ4v) is 1.79. The molecule has 5 nitrogen and oxygen atoms in total. The molecule has 98 valence electrons. The third kappa shape index (κ3) is 3.35. The summed E-state index contributed by atoms with van der Waals surface area (Å²) < 4.78 is 10.6. The molecule has 1 aromatic carbocycles. The van der Waals surface area contributed by atoms with Crippen LogP contribution in [0.2, 0.25) is 5.02 Å². The number of halogens is 1. The minimum Gasteiger partial charge on any atom is -0.506 e.